The Morgan fingerprint density at radius 1 is 0.898 bits per heavy atom. The van der Waals surface area contributed by atoms with Gasteiger partial charge >= 0.3 is 0 Å². The van der Waals surface area contributed by atoms with Gasteiger partial charge in [0.05, 0.1) is 28.6 Å². The van der Waals surface area contributed by atoms with Gasteiger partial charge in [-0.1, -0.05) is 23.2 Å². The second-order valence-corrected chi connectivity index (χ2v) is 15.5. The van der Waals surface area contributed by atoms with Crippen LogP contribution in [0, 0.1) is 20.8 Å². The van der Waals surface area contributed by atoms with Crippen molar-refractivity contribution in [3.63, 3.8) is 0 Å². The number of nitrogens with zero attached hydrogens (tertiary/aromatic N) is 3. The topological polar surface area (TPSA) is 87.4 Å². The number of nitrogens with one attached hydrogen (secondary N) is 2. The van der Waals surface area contributed by atoms with Crippen molar-refractivity contribution in [1.29, 1.82) is 0 Å². The zero-order valence-corrected chi connectivity index (χ0v) is 30.8. The first-order valence-corrected chi connectivity index (χ1v) is 19.0. The first kappa shape index (κ1) is 34.9. The highest BCUT2D eigenvalue weighted by Gasteiger charge is 2.25. The molecule has 0 spiro atoms. The molecule has 5 aromatic rings. The second kappa shape index (κ2) is 14.9. The Bertz CT molecular complexity index is 2100. The smallest absolute Gasteiger partial charge is 0.243 e. The van der Waals surface area contributed by atoms with Crippen LogP contribution in [0.15, 0.2) is 65.6 Å². The van der Waals surface area contributed by atoms with Gasteiger partial charge in [0.1, 0.15) is 12.8 Å². The third-order valence-corrected chi connectivity index (χ3v) is 11.9. The monoisotopic (exact) mass is 700 g/mol. The molecule has 0 atom stereocenters. The summed E-state index contributed by atoms with van der Waals surface area (Å²) >= 11 is 6.37. The van der Waals surface area contributed by atoms with E-state index in [-0.39, 0.29) is 4.90 Å². The van der Waals surface area contributed by atoms with E-state index in [1.807, 2.05) is 25.2 Å². The van der Waals surface area contributed by atoms with E-state index in [1.54, 1.807) is 35.7 Å². The molecule has 8 nitrogen and oxygen atoms in total. The average molecular weight is 701 g/mol. The first-order valence-electron chi connectivity index (χ1n) is 17.2. The number of pyridine rings is 2. The Morgan fingerprint density at radius 3 is 2.45 bits per heavy atom. The Kier molecular flexibility index (Phi) is 10.6. The third kappa shape index (κ3) is 7.49. The van der Waals surface area contributed by atoms with E-state index >= 15 is 0 Å². The van der Waals surface area contributed by atoms with E-state index < -0.39 is 10.0 Å². The quantitative estimate of drug-likeness (QED) is 0.0969. The molecule has 0 radical (unpaired) electrons. The van der Waals surface area contributed by atoms with Crippen molar-refractivity contribution in [2.75, 3.05) is 43.9 Å². The van der Waals surface area contributed by atoms with Gasteiger partial charge in [0.25, 0.3) is 0 Å². The number of halogens is 1. The van der Waals surface area contributed by atoms with Crippen LogP contribution in [0.3, 0.4) is 0 Å². The van der Waals surface area contributed by atoms with Crippen molar-refractivity contribution < 1.29 is 17.7 Å². The predicted octanol–water partition coefficient (Wildman–Crippen LogP) is 7.67. The molecule has 49 heavy (non-hydrogen) atoms. The summed E-state index contributed by atoms with van der Waals surface area (Å²) in [6, 6.07) is 19.0. The fraction of sp³-hybridized carbons (Fsp3) is 0.385. The summed E-state index contributed by atoms with van der Waals surface area (Å²) in [6.45, 7) is 8.24. The lowest BCUT2D eigenvalue weighted by Crippen LogP contribution is -2.36. The summed E-state index contributed by atoms with van der Waals surface area (Å²) in [6.07, 6.45) is 5.94. The van der Waals surface area contributed by atoms with Gasteiger partial charge in [-0.05, 0) is 106 Å². The van der Waals surface area contributed by atoms with Gasteiger partial charge in [-0.2, -0.15) is 8.87 Å². The van der Waals surface area contributed by atoms with Crippen LogP contribution in [0.5, 0.6) is 5.75 Å². The molecule has 2 heterocycles. The number of anilines is 2. The number of rotatable bonds is 13. The van der Waals surface area contributed by atoms with Crippen LogP contribution in [0.25, 0.3) is 21.8 Å². The molecule has 2 aromatic heterocycles. The summed E-state index contributed by atoms with van der Waals surface area (Å²) in [5.41, 5.74) is 10.3. The molecule has 0 saturated carbocycles. The van der Waals surface area contributed by atoms with Gasteiger partial charge < -0.3 is 15.4 Å². The molecule has 1 aliphatic carbocycles. The lowest BCUT2D eigenvalue weighted by molar-refractivity contribution is -0.651. The summed E-state index contributed by atoms with van der Waals surface area (Å²) in [7, 11) is -0.147. The van der Waals surface area contributed by atoms with E-state index in [0.717, 1.165) is 53.6 Å². The van der Waals surface area contributed by atoms with Crippen LogP contribution in [0.4, 0.5) is 11.4 Å². The van der Waals surface area contributed by atoms with Gasteiger partial charge in [-0.3, -0.25) is 4.98 Å². The number of ether oxygens (including phenoxy) is 1. The number of unbranched alkanes of at least 4 members (excludes halogenated alkanes) is 1. The predicted molar refractivity (Wildman–Crippen MR) is 201 cm³/mol. The van der Waals surface area contributed by atoms with E-state index in [9.17, 15) is 8.42 Å². The maximum atomic E-state index is 14.0. The molecule has 0 bridgehead atoms. The Morgan fingerprint density at radius 2 is 1.67 bits per heavy atom. The summed E-state index contributed by atoms with van der Waals surface area (Å²) < 4.78 is 37.0. The van der Waals surface area contributed by atoms with Crippen LogP contribution in [0.1, 0.15) is 53.8 Å². The molecule has 2 N–H and O–H groups in total. The van der Waals surface area contributed by atoms with Crippen molar-refractivity contribution in [1.82, 2.24) is 9.29 Å². The molecule has 0 aliphatic heterocycles. The minimum absolute atomic E-state index is 0.256. The zero-order chi connectivity index (χ0) is 34.7. The van der Waals surface area contributed by atoms with Gasteiger partial charge in [-0.15, -0.1) is 0 Å². The van der Waals surface area contributed by atoms with Gasteiger partial charge in [-0.25, -0.2) is 8.42 Å². The number of aryl methyl sites for hydroxylation is 5. The molecule has 0 saturated heterocycles. The molecule has 3 aromatic carbocycles. The largest absolute Gasteiger partial charge is 0.497 e. The highest BCUT2D eigenvalue weighted by molar-refractivity contribution is 7.89. The lowest BCUT2D eigenvalue weighted by atomic mass is 9.91. The van der Waals surface area contributed by atoms with Crippen molar-refractivity contribution in [3.05, 3.63) is 93.8 Å². The van der Waals surface area contributed by atoms with Gasteiger partial charge in [0.15, 0.2) is 5.69 Å². The van der Waals surface area contributed by atoms with Crippen LogP contribution in [0.2, 0.25) is 5.02 Å². The maximum Gasteiger partial charge on any atom is 0.243 e. The normalized spacial score (nSPS) is 13.2. The highest BCUT2D eigenvalue weighted by atomic mass is 35.5. The number of sulfonamides is 1. The Labute approximate surface area is 295 Å². The van der Waals surface area contributed by atoms with Crippen molar-refractivity contribution in [3.8, 4) is 5.75 Å². The fourth-order valence-electron chi connectivity index (χ4n) is 7.01. The molecule has 10 heteroatoms. The number of aromatic nitrogens is 2. The van der Waals surface area contributed by atoms with Crippen LogP contribution < -0.4 is 19.9 Å². The number of hydrogen-bond acceptors (Lipinski definition) is 6. The van der Waals surface area contributed by atoms with E-state index in [0.29, 0.717) is 36.8 Å². The molecule has 0 fully saturated rings. The minimum atomic E-state index is -3.75. The van der Waals surface area contributed by atoms with Crippen LogP contribution in [-0.2, 0) is 29.9 Å². The van der Waals surface area contributed by atoms with E-state index in [1.165, 1.54) is 46.3 Å². The second-order valence-electron chi connectivity index (χ2n) is 13.2. The Hall–Kier alpha value is -3.92. The SMILES string of the molecule is COc1ccc(S(=O)(=O)N(CCCCNc2c3c(nc4c(C)cc(C)cc24)CCCC3)CCNc2cc(C)[n+](C)c3ccc(Cl)cc23)cc1. The number of hydrogen-bond donors (Lipinski definition) is 2. The molecular formula is C39H47ClN5O3S+. The molecule has 0 amide bonds. The van der Waals surface area contributed by atoms with Crippen LogP contribution >= 0.6 is 11.6 Å². The van der Waals surface area contributed by atoms with Crippen LogP contribution in [-0.4, -0.2) is 51.0 Å². The molecule has 6 rings (SSSR count). The summed E-state index contributed by atoms with van der Waals surface area (Å²) in [5, 5.41) is 10.1. The summed E-state index contributed by atoms with van der Waals surface area (Å²) in [4.78, 5) is 5.35. The highest BCUT2D eigenvalue weighted by Crippen LogP contribution is 2.35. The lowest BCUT2D eigenvalue weighted by Gasteiger charge is -2.24. The summed E-state index contributed by atoms with van der Waals surface area (Å²) in [5.74, 6) is 0.618. The minimum Gasteiger partial charge on any atom is -0.497 e. The Balaban J connectivity index is 1.18. The number of benzene rings is 3. The van der Waals surface area contributed by atoms with Gasteiger partial charge in [0, 0.05) is 67.0 Å². The van der Waals surface area contributed by atoms with E-state index in [2.05, 4.69) is 54.2 Å². The first-order chi connectivity index (χ1) is 23.6. The van der Waals surface area contributed by atoms with E-state index in [4.69, 9.17) is 21.3 Å². The zero-order valence-electron chi connectivity index (χ0n) is 29.2. The van der Waals surface area contributed by atoms with Crippen molar-refractivity contribution in [2.45, 2.75) is 64.2 Å². The standard InChI is InChI=1S/C39H46ClN5O3S/c1-26-22-27(2)38-34(23-26)39(32-10-6-7-11-35(32)43-38)42-18-8-9-20-45(49(46,47)31-15-13-30(48-5)14-16-31)21-19-41-36-24-28(3)44(4)37-17-12-29(40)25-33(36)37/h12-17,22-25H,6-11,18-21H2,1-5H3,(H,42,43)/p+1. The average Bonchev–Trinajstić information content (AvgIpc) is 3.09. The molecule has 0 unspecified atom stereocenters. The molecular weight excluding hydrogens is 654 g/mol. The molecule has 1 aliphatic rings. The van der Waals surface area contributed by atoms with Crippen molar-refractivity contribution >= 4 is 54.8 Å². The number of fused-ring (bicyclic) bond motifs is 3. The van der Waals surface area contributed by atoms with Crippen molar-refractivity contribution in [2.24, 2.45) is 7.05 Å². The van der Waals surface area contributed by atoms with Gasteiger partial charge in [0.2, 0.25) is 15.5 Å². The molecule has 258 valence electrons. The third-order valence-electron chi connectivity index (χ3n) is 9.70. The fourth-order valence-corrected chi connectivity index (χ4v) is 8.66. The number of methoxy groups -OCH3 is 1. The maximum absolute atomic E-state index is 14.0.